The Balaban J connectivity index is 1.63. The minimum absolute atomic E-state index is 0.0258. The van der Waals surface area contributed by atoms with Crippen LogP contribution in [0.3, 0.4) is 0 Å². The molecule has 2 aliphatic rings. The van der Waals surface area contributed by atoms with Gasteiger partial charge >= 0.3 is 0 Å². The van der Waals surface area contributed by atoms with Gasteiger partial charge in [0.25, 0.3) is 5.91 Å². The smallest absolute Gasteiger partial charge is 0.266 e. The van der Waals surface area contributed by atoms with Gasteiger partial charge in [-0.15, -0.1) is 0 Å². The number of nitrogens with zero attached hydrogens (tertiary/aromatic N) is 2. The van der Waals surface area contributed by atoms with Crippen LogP contribution in [0.5, 0.6) is 0 Å². The van der Waals surface area contributed by atoms with Gasteiger partial charge in [-0.2, -0.15) is 0 Å². The number of thiocarbonyl (C=S) groups is 1. The molecule has 0 aromatic heterocycles. The molecule has 0 aliphatic carbocycles. The van der Waals surface area contributed by atoms with Crippen LogP contribution in [0.4, 0.5) is 0 Å². The minimum atomic E-state index is 0.0258. The molecule has 3 rings (SSSR count). The molecule has 0 N–H and O–H groups in total. The third kappa shape index (κ3) is 4.25. The predicted molar refractivity (Wildman–Crippen MR) is 103 cm³/mol. The molecule has 2 heterocycles. The maximum atomic E-state index is 12.6. The quantitative estimate of drug-likeness (QED) is 0.594. The van der Waals surface area contributed by atoms with E-state index in [4.69, 9.17) is 17.0 Å². The van der Waals surface area contributed by atoms with E-state index in [0.29, 0.717) is 15.8 Å². The van der Waals surface area contributed by atoms with Crippen LogP contribution < -0.4 is 0 Å². The lowest BCUT2D eigenvalue weighted by Crippen LogP contribution is -2.42. The number of amides is 1. The third-order valence-electron chi connectivity index (χ3n) is 4.30. The minimum Gasteiger partial charge on any atom is -0.379 e. The van der Waals surface area contributed by atoms with Crippen molar-refractivity contribution in [1.29, 1.82) is 0 Å². The lowest BCUT2D eigenvalue weighted by Gasteiger charge is -2.28. The van der Waals surface area contributed by atoms with Crippen LogP contribution in [0.2, 0.25) is 0 Å². The molecule has 1 aromatic carbocycles. The molecular formula is C18H22N2O2S2. The van der Waals surface area contributed by atoms with Gasteiger partial charge in [0, 0.05) is 26.2 Å². The zero-order valence-electron chi connectivity index (χ0n) is 13.9. The van der Waals surface area contributed by atoms with E-state index in [2.05, 4.69) is 36.1 Å². The normalized spacial score (nSPS) is 21.0. The SMILES string of the molecule is CCc1ccc(/C=C2/SC(=S)N(CCN3CCOCC3)C2=O)cc1. The van der Waals surface area contributed by atoms with Crippen molar-refractivity contribution in [3.8, 4) is 0 Å². The molecule has 1 amide bonds. The number of morpholine rings is 1. The molecule has 0 bridgehead atoms. The molecule has 6 heteroatoms. The number of hydrogen-bond acceptors (Lipinski definition) is 5. The second kappa shape index (κ2) is 8.25. The molecule has 0 saturated carbocycles. The highest BCUT2D eigenvalue weighted by atomic mass is 32.2. The Labute approximate surface area is 152 Å². The number of thioether (sulfide) groups is 1. The number of carbonyl (C=O) groups is 1. The van der Waals surface area contributed by atoms with Crippen LogP contribution >= 0.6 is 24.0 Å². The lowest BCUT2D eigenvalue weighted by atomic mass is 10.1. The van der Waals surface area contributed by atoms with Crippen LogP contribution in [0.15, 0.2) is 29.2 Å². The number of rotatable bonds is 5. The van der Waals surface area contributed by atoms with Gasteiger partial charge in [0.2, 0.25) is 0 Å². The molecule has 0 unspecified atom stereocenters. The first-order chi connectivity index (χ1) is 11.7. The number of ether oxygens (including phenoxy) is 1. The van der Waals surface area contributed by atoms with E-state index in [1.165, 1.54) is 17.3 Å². The first kappa shape index (κ1) is 17.6. The van der Waals surface area contributed by atoms with Crippen molar-refractivity contribution in [2.45, 2.75) is 13.3 Å². The highest BCUT2D eigenvalue weighted by Gasteiger charge is 2.32. The average molecular weight is 363 g/mol. The monoisotopic (exact) mass is 362 g/mol. The molecule has 2 saturated heterocycles. The Kier molecular flexibility index (Phi) is 6.05. The van der Waals surface area contributed by atoms with Crippen LogP contribution in [-0.4, -0.2) is 59.4 Å². The van der Waals surface area contributed by atoms with E-state index >= 15 is 0 Å². The van der Waals surface area contributed by atoms with E-state index < -0.39 is 0 Å². The zero-order chi connectivity index (χ0) is 16.9. The van der Waals surface area contributed by atoms with E-state index in [-0.39, 0.29) is 5.91 Å². The second-order valence-corrected chi connectivity index (χ2v) is 7.56. The summed E-state index contributed by atoms with van der Waals surface area (Å²) in [4.78, 5) is 17.4. The maximum Gasteiger partial charge on any atom is 0.266 e. The highest BCUT2D eigenvalue weighted by Crippen LogP contribution is 2.32. The topological polar surface area (TPSA) is 32.8 Å². The average Bonchev–Trinajstić information content (AvgIpc) is 2.88. The summed E-state index contributed by atoms with van der Waals surface area (Å²) < 4.78 is 6.01. The van der Waals surface area contributed by atoms with Crippen LogP contribution in [0.25, 0.3) is 6.08 Å². The predicted octanol–water partition coefficient (Wildman–Crippen LogP) is 2.78. The zero-order valence-corrected chi connectivity index (χ0v) is 15.5. The molecule has 2 aliphatic heterocycles. The molecule has 2 fully saturated rings. The van der Waals surface area contributed by atoms with Crippen LogP contribution in [0.1, 0.15) is 18.1 Å². The number of hydrogen-bond donors (Lipinski definition) is 0. The van der Waals surface area contributed by atoms with E-state index in [9.17, 15) is 4.79 Å². The summed E-state index contributed by atoms with van der Waals surface area (Å²) in [6, 6.07) is 8.31. The van der Waals surface area contributed by atoms with Gasteiger partial charge in [0.15, 0.2) is 0 Å². The fourth-order valence-electron chi connectivity index (χ4n) is 2.76. The van der Waals surface area contributed by atoms with Gasteiger partial charge in [-0.3, -0.25) is 14.6 Å². The van der Waals surface area contributed by atoms with E-state index in [0.717, 1.165) is 44.8 Å². The van der Waals surface area contributed by atoms with Gasteiger partial charge in [0.05, 0.1) is 18.1 Å². The lowest BCUT2D eigenvalue weighted by molar-refractivity contribution is -0.122. The molecule has 0 radical (unpaired) electrons. The molecular weight excluding hydrogens is 340 g/mol. The summed E-state index contributed by atoms with van der Waals surface area (Å²) in [6.45, 7) is 7.01. The third-order valence-corrected chi connectivity index (χ3v) is 5.68. The van der Waals surface area contributed by atoms with Crippen LogP contribution in [-0.2, 0) is 16.0 Å². The summed E-state index contributed by atoms with van der Waals surface area (Å²) in [5.41, 5.74) is 2.34. The Bertz CT molecular complexity index is 637. The summed E-state index contributed by atoms with van der Waals surface area (Å²) in [6.07, 6.45) is 2.96. The maximum absolute atomic E-state index is 12.6. The van der Waals surface area contributed by atoms with Gasteiger partial charge in [-0.1, -0.05) is 55.2 Å². The van der Waals surface area contributed by atoms with Crippen molar-refractivity contribution < 1.29 is 9.53 Å². The largest absolute Gasteiger partial charge is 0.379 e. The molecule has 128 valence electrons. The Morgan fingerprint density at radius 3 is 2.58 bits per heavy atom. The van der Waals surface area contributed by atoms with Gasteiger partial charge in [0.1, 0.15) is 4.32 Å². The van der Waals surface area contributed by atoms with E-state index in [1.807, 2.05) is 6.08 Å². The van der Waals surface area contributed by atoms with Crippen molar-refractivity contribution in [3.05, 3.63) is 40.3 Å². The first-order valence-corrected chi connectivity index (χ1v) is 9.54. The molecule has 4 nitrogen and oxygen atoms in total. The summed E-state index contributed by atoms with van der Waals surface area (Å²) in [5.74, 6) is 0.0258. The number of aryl methyl sites for hydroxylation is 1. The molecule has 24 heavy (non-hydrogen) atoms. The Morgan fingerprint density at radius 1 is 1.21 bits per heavy atom. The first-order valence-electron chi connectivity index (χ1n) is 8.32. The Morgan fingerprint density at radius 2 is 1.92 bits per heavy atom. The van der Waals surface area contributed by atoms with Crippen molar-refractivity contribution >= 4 is 40.3 Å². The van der Waals surface area contributed by atoms with Gasteiger partial charge in [-0.05, 0) is 23.6 Å². The summed E-state index contributed by atoms with van der Waals surface area (Å²) in [7, 11) is 0. The van der Waals surface area contributed by atoms with Crippen molar-refractivity contribution in [1.82, 2.24) is 9.80 Å². The fraction of sp³-hybridized carbons (Fsp3) is 0.444. The second-order valence-electron chi connectivity index (χ2n) is 5.88. The number of carbonyl (C=O) groups excluding carboxylic acids is 1. The van der Waals surface area contributed by atoms with Gasteiger partial charge in [-0.25, -0.2) is 0 Å². The molecule has 0 atom stereocenters. The Hall–Kier alpha value is -1.21. The standard InChI is InChI=1S/C18H22N2O2S2/c1-2-14-3-5-15(6-4-14)13-16-17(21)20(18(23)24-16)8-7-19-9-11-22-12-10-19/h3-6,13H,2,7-12H2,1H3/b16-13+. The molecule has 1 aromatic rings. The fourth-order valence-corrected chi connectivity index (χ4v) is 4.07. The highest BCUT2D eigenvalue weighted by molar-refractivity contribution is 8.26. The van der Waals surface area contributed by atoms with Gasteiger partial charge < -0.3 is 4.74 Å². The summed E-state index contributed by atoms with van der Waals surface area (Å²) >= 11 is 6.80. The molecule has 0 spiro atoms. The number of benzene rings is 1. The van der Waals surface area contributed by atoms with Crippen molar-refractivity contribution in [3.63, 3.8) is 0 Å². The van der Waals surface area contributed by atoms with Crippen molar-refractivity contribution in [2.24, 2.45) is 0 Å². The van der Waals surface area contributed by atoms with Crippen LogP contribution in [0, 0.1) is 0 Å². The summed E-state index contributed by atoms with van der Waals surface area (Å²) in [5, 5.41) is 0. The van der Waals surface area contributed by atoms with E-state index in [1.54, 1.807) is 4.90 Å². The van der Waals surface area contributed by atoms with Crippen molar-refractivity contribution in [2.75, 3.05) is 39.4 Å².